The molecule has 1 amide bonds. The summed E-state index contributed by atoms with van der Waals surface area (Å²) in [4.78, 5) is 30.5. The number of nitrogens with zero attached hydrogens (tertiary/aromatic N) is 2. The van der Waals surface area contributed by atoms with Gasteiger partial charge in [-0.2, -0.15) is 0 Å². The number of ketones is 1. The lowest BCUT2D eigenvalue weighted by molar-refractivity contribution is 0.0261. The van der Waals surface area contributed by atoms with Gasteiger partial charge < -0.3 is 9.64 Å². The van der Waals surface area contributed by atoms with Crippen molar-refractivity contribution in [1.82, 2.24) is 9.80 Å². The second-order valence-electron chi connectivity index (χ2n) is 11.4. The van der Waals surface area contributed by atoms with E-state index in [9.17, 15) is 9.59 Å². The number of benzene rings is 1. The summed E-state index contributed by atoms with van der Waals surface area (Å²) in [6.45, 7) is 8.84. The van der Waals surface area contributed by atoms with E-state index in [-0.39, 0.29) is 22.5 Å². The fourth-order valence-corrected chi connectivity index (χ4v) is 8.50. The second kappa shape index (κ2) is 6.82. The predicted octanol–water partition coefficient (Wildman–Crippen LogP) is 4.78. The first-order valence-corrected chi connectivity index (χ1v) is 12.7. The van der Waals surface area contributed by atoms with Crippen molar-refractivity contribution < 1.29 is 14.3 Å². The van der Waals surface area contributed by atoms with Gasteiger partial charge in [0.15, 0.2) is 5.78 Å². The van der Waals surface area contributed by atoms with Gasteiger partial charge in [0.2, 0.25) is 0 Å². The van der Waals surface area contributed by atoms with Crippen LogP contribution in [0.2, 0.25) is 0 Å². The predicted molar refractivity (Wildman–Crippen MR) is 123 cm³/mol. The smallest absolute Gasteiger partial charge is 0.410 e. The van der Waals surface area contributed by atoms with Crippen LogP contribution in [0.5, 0.6) is 0 Å². The Labute approximate surface area is 191 Å². The molecule has 0 radical (unpaired) electrons. The van der Waals surface area contributed by atoms with E-state index in [0.717, 1.165) is 44.3 Å². The molecule has 1 aromatic carbocycles. The number of ether oxygens (including phenoxy) is 1. The summed E-state index contributed by atoms with van der Waals surface area (Å²) in [5, 5.41) is 0. The topological polar surface area (TPSA) is 49.6 Å². The molecule has 6 rings (SSSR count). The van der Waals surface area contributed by atoms with E-state index < -0.39 is 0 Å². The maximum atomic E-state index is 13.2. The lowest BCUT2D eigenvalue weighted by Crippen LogP contribution is -2.54. The summed E-state index contributed by atoms with van der Waals surface area (Å²) in [6.07, 6.45) is 7.94. The maximum Gasteiger partial charge on any atom is 0.410 e. The molecule has 2 saturated heterocycles. The average Bonchev–Trinajstić information content (AvgIpc) is 3.23. The molecule has 4 unspecified atom stereocenters. The second-order valence-corrected chi connectivity index (χ2v) is 11.4. The van der Waals surface area contributed by atoms with E-state index in [4.69, 9.17) is 4.74 Å². The maximum absolute atomic E-state index is 13.2. The SMILES string of the molecule is CCOC(=O)N1C2CCC3CC(N4CCC5(CC4)c4ccccc4C(=O)C5(C)C)CCC321. The van der Waals surface area contributed by atoms with Crippen LogP contribution in [0.1, 0.15) is 81.6 Å². The van der Waals surface area contributed by atoms with Crippen LogP contribution in [0.4, 0.5) is 4.79 Å². The first-order chi connectivity index (χ1) is 15.4. The molecular weight excluding hydrogens is 400 g/mol. The highest BCUT2D eigenvalue weighted by atomic mass is 16.6. The molecule has 2 saturated carbocycles. The van der Waals surface area contributed by atoms with Crippen molar-refractivity contribution in [2.75, 3.05) is 19.7 Å². The fraction of sp³-hybridized carbons (Fsp3) is 0.704. The average molecular weight is 437 g/mol. The molecular formula is C27H36N2O3. The van der Waals surface area contributed by atoms with E-state index in [2.05, 4.69) is 35.8 Å². The van der Waals surface area contributed by atoms with Gasteiger partial charge in [0.1, 0.15) is 0 Å². The molecule has 2 spiro atoms. The molecule has 2 aliphatic heterocycles. The van der Waals surface area contributed by atoms with Crippen molar-refractivity contribution >= 4 is 11.9 Å². The largest absolute Gasteiger partial charge is 0.450 e. The summed E-state index contributed by atoms with van der Waals surface area (Å²) < 4.78 is 5.35. The first kappa shape index (κ1) is 20.7. The molecule has 0 N–H and O–H groups in total. The van der Waals surface area contributed by atoms with Gasteiger partial charge in [-0.15, -0.1) is 0 Å². The molecule has 5 nitrogen and oxygen atoms in total. The summed E-state index contributed by atoms with van der Waals surface area (Å²) in [5.74, 6) is 0.947. The monoisotopic (exact) mass is 436 g/mol. The van der Waals surface area contributed by atoms with Gasteiger partial charge in [0.25, 0.3) is 0 Å². The number of Topliss-reactive ketones (excluding diaryl/α,β-unsaturated/α-hetero) is 1. The third-order valence-electron chi connectivity index (χ3n) is 10.3. The Morgan fingerprint density at radius 3 is 2.59 bits per heavy atom. The van der Waals surface area contributed by atoms with Crippen LogP contribution in [0.15, 0.2) is 24.3 Å². The normalized spacial score (nSPS) is 36.5. The zero-order valence-corrected chi connectivity index (χ0v) is 19.7. The number of carbonyl (C=O) groups excluding carboxylic acids is 2. The van der Waals surface area contributed by atoms with Gasteiger partial charge in [-0.3, -0.25) is 9.69 Å². The lowest BCUT2D eigenvalue weighted by Gasteiger charge is -2.50. The molecule has 3 aliphatic carbocycles. The number of hydrogen-bond donors (Lipinski definition) is 0. The number of carbonyl (C=O) groups is 2. The summed E-state index contributed by atoms with van der Waals surface area (Å²) >= 11 is 0. The number of amides is 1. The third kappa shape index (κ3) is 2.44. The van der Waals surface area contributed by atoms with Gasteiger partial charge in [-0.25, -0.2) is 4.79 Å². The van der Waals surface area contributed by atoms with Crippen molar-refractivity contribution in [3.05, 3.63) is 35.4 Å². The van der Waals surface area contributed by atoms with Crippen molar-refractivity contribution in [1.29, 1.82) is 0 Å². The van der Waals surface area contributed by atoms with Crippen LogP contribution in [-0.2, 0) is 10.2 Å². The molecule has 4 atom stereocenters. The van der Waals surface area contributed by atoms with E-state index >= 15 is 0 Å². The number of piperidine rings is 2. The molecule has 5 aliphatic rings. The molecule has 4 fully saturated rings. The lowest BCUT2D eigenvalue weighted by atomic mass is 9.60. The zero-order valence-electron chi connectivity index (χ0n) is 19.7. The van der Waals surface area contributed by atoms with Crippen molar-refractivity contribution in [2.24, 2.45) is 11.3 Å². The Hall–Kier alpha value is -1.88. The highest BCUT2D eigenvalue weighted by Gasteiger charge is 2.73. The number of fused-ring (bicyclic) bond motifs is 2. The highest BCUT2D eigenvalue weighted by Crippen LogP contribution is 2.63. The highest BCUT2D eigenvalue weighted by molar-refractivity contribution is 6.06. The molecule has 32 heavy (non-hydrogen) atoms. The van der Waals surface area contributed by atoms with Crippen LogP contribution < -0.4 is 0 Å². The molecule has 0 aromatic heterocycles. The number of hydrogen-bond acceptors (Lipinski definition) is 4. The molecule has 172 valence electrons. The van der Waals surface area contributed by atoms with Gasteiger partial charge in [-0.05, 0) is 76.4 Å². The fourth-order valence-electron chi connectivity index (χ4n) is 8.50. The Balaban J connectivity index is 1.16. The van der Waals surface area contributed by atoms with Crippen molar-refractivity contribution in [2.45, 2.75) is 88.8 Å². The summed E-state index contributed by atoms with van der Waals surface area (Å²) in [6, 6.07) is 9.38. The van der Waals surface area contributed by atoms with Gasteiger partial charge in [0, 0.05) is 22.4 Å². The Bertz CT molecular complexity index is 963. The summed E-state index contributed by atoms with van der Waals surface area (Å²) in [5.41, 5.74) is 2.00. The van der Waals surface area contributed by atoms with Crippen LogP contribution in [0.25, 0.3) is 0 Å². The molecule has 5 heteroatoms. The first-order valence-electron chi connectivity index (χ1n) is 12.7. The number of rotatable bonds is 2. The van der Waals surface area contributed by atoms with E-state index in [1.165, 1.54) is 24.8 Å². The van der Waals surface area contributed by atoms with Crippen molar-refractivity contribution in [3.8, 4) is 0 Å². The van der Waals surface area contributed by atoms with Crippen molar-refractivity contribution in [3.63, 3.8) is 0 Å². The van der Waals surface area contributed by atoms with E-state index in [1.54, 1.807) is 0 Å². The van der Waals surface area contributed by atoms with Crippen LogP contribution >= 0.6 is 0 Å². The Morgan fingerprint density at radius 2 is 1.84 bits per heavy atom. The quantitative estimate of drug-likeness (QED) is 0.626. The van der Waals surface area contributed by atoms with E-state index in [1.807, 2.05) is 19.1 Å². The van der Waals surface area contributed by atoms with Crippen LogP contribution in [-0.4, -0.2) is 59.0 Å². The Kier molecular flexibility index (Phi) is 4.41. The van der Waals surface area contributed by atoms with Gasteiger partial charge in [-0.1, -0.05) is 38.1 Å². The molecule has 1 aromatic rings. The van der Waals surface area contributed by atoms with E-state index in [0.29, 0.717) is 30.4 Å². The van der Waals surface area contributed by atoms with Gasteiger partial charge >= 0.3 is 6.09 Å². The third-order valence-corrected chi connectivity index (χ3v) is 10.3. The van der Waals surface area contributed by atoms with Crippen LogP contribution in [0, 0.1) is 11.3 Å². The Morgan fingerprint density at radius 1 is 1.09 bits per heavy atom. The minimum absolute atomic E-state index is 0.0251. The standard InChI is InChI=1S/C27H36N2O3/c1-4-32-24(31)29-22-10-9-18-17-19(11-12-27(18,22)29)28-15-13-26(14-16-28)21-8-6-5-7-20(21)23(30)25(26,2)3/h5-8,18-19,22H,4,9-17H2,1-3H3. The molecule has 0 bridgehead atoms. The van der Waals surface area contributed by atoms with Gasteiger partial charge in [0.05, 0.1) is 18.2 Å². The van der Waals surface area contributed by atoms with Crippen LogP contribution in [0.3, 0.4) is 0 Å². The molecule has 2 heterocycles. The minimum atomic E-state index is -0.327. The number of likely N-dealkylation sites (tertiary alicyclic amines) is 2. The summed E-state index contributed by atoms with van der Waals surface area (Å²) in [7, 11) is 0. The minimum Gasteiger partial charge on any atom is -0.450 e. The zero-order chi connectivity index (χ0) is 22.3.